The second-order valence-electron chi connectivity index (χ2n) is 9.42. The van der Waals surface area contributed by atoms with Gasteiger partial charge in [-0.2, -0.15) is 5.10 Å². The topological polar surface area (TPSA) is 77.5 Å². The van der Waals surface area contributed by atoms with E-state index in [1.807, 2.05) is 77.3 Å². The molecule has 7 rings (SSSR count). The van der Waals surface area contributed by atoms with E-state index in [9.17, 15) is 9.18 Å². The third kappa shape index (κ3) is 4.31. The Bertz CT molecular complexity index is 2010. The van der Waals surface area contributed by atoms with Crippen molar-refractivity contribution < 1.29 is 9.18 Å². The molecule has 2 aromatic carbocycles. The number of imidazole rings is 2. The molecule has 0 atom stereocenters. The molecule has 0 unspecified atom stereocenters. The highest BCUT2D eigenvalue weighted by molar-refractivity contribution is 5.98. The van der Waals surface area contributed by atoms with Crippen LogP contribution in [0.25, 0.3) is 45.1 Å². The van der Waals surface area contributed by atoms with Gasteiger partial charge in [-0.25, -0.2) is 18.9 Å². The summed E-state index contributed by atoms with van der Waals surface area (Å²) in [6.07, 6.45) is 7.35. The Morgan fingerprint density at radius 3 is 2.52 bits per heavy atom. The molecular weight excluding hydrogens is 503 g/mol. The fourth-order valence-corrected chi connectivity index (χ4v) is 4.86. The fourth-order valence-electron chi connectivity index (χ4n) is 4.86. The van der Waals surface area contributed by atoms with E-state index in [-0.39, 0.29) is 18.0 Å². The molecule has 0 aliphatic rings. The van der Waals surface area contributed by atoms with E-state index >= 15 is 0 Å². The molecule has 7 aromatic rings. The smallest absolute Gasteiger partial charge is 0.168 e. The van der Waals surface area contributed by atoms with Crippen molar-refractivity contribution in [1.29, 1.82) is 0 Å². The maximum Gasteiger partial charge on any atom is 0.168 e. The van der Waals surface area contributed by atoms with Crippen LogP contribution in [0.5, 0.6) is 0 Å². The molecule has 5 aromatic heterocycles. The number of carbonyl (C=O) groups excluding carboxylic acids is 1. The van der Waals surface area contributed by atoms with Gasteiger partial charge in [-0.3, -0.25) is 14.2 Å². The van der Waals surface area contributed by atoms with Gasteiger partial charge in [-0.1, -0.05) is 30.3 Å². The molecule has 0 saturated carbocycles. The minimum atomic E-state index is -0.307. The molecule has 0 spiro atoms. The van der Waals surface area contributed by atoms with E-state index in [2.05, 4.69) is 9.97 Å². The number of nitrogens with zero attached hydrogens (tertiary/aromatic N) is 6. The van der Waals surface area contributed by atoms with Crippen LogP contribution in [0, 0.1) is 5.82 Å². The molecule has 0 bridgehead atoms. The van der Waals surface area contributed by atoms with Gasteiger partial charge >= 0.3 is 0 Å². The Morgan fingerprint density at radius 2 is 1.68 bits per heavy atom. The van der Waals surface area contributed by atoms with Gasteiger partial charge in [0.25, 0.3) is 0 Å². The highest BCUT2D eigenvalue weighted by Gasteiger charge is 2.18. The summed E-state index contributed by atoms with van der Waals surface area (Å²) in [5.41, 5.74) is 7.44. The molecular formula is C32H21FN6O. The summed E-state index contributed by atoms with van der Waals surface area (Å²) in [6.45, 7) is 0. The lowest BCUT2D eigenvalue weighted by atomic mass is 10.0. The predicted molar refractivity (Wildman–Crippen MR) is 150 cm³/mol. The number of fused-ring (bicyclic) bond motifs is 2. The number of carbonyl (C=O) groups is 1. The van der Waals surface area contributed by atoms with Gasteiger partial charge in [0.05, 0.1) is 24.0 Å². The average Bonchev–Trinajstić information content (AvgIpc) is 3.58. The minimum Gasteiger partial charge on any atom is -0.298 e. The zero-order chi connectivity index (χ0) is 27.1. The van der Waals surface area contributed by atoms with Crippen molar-refractivity contribution in [3.05, 3.63) is 133 Å². The first-order valence-electron chi connectivity index (χ1n) is 12.7. The molecule has 5 heterocycles. The molecule has 192 valence electrons. The summed E-state index contributed by atoms with van der Waals surface area (Å²) in [5.74, 6) is -0.340. The first-order valence-corrected chi connectivity index (χ1v) is 12.7. The quantitative estimate of drug-likeness (QED) is 0.237. The summed E-state index contributed by atoms with van der Waals surface area (Å²) in [4.78, 5) is 26.8. The predicted octanol–water partition coefficient (Wildman–Crippen LogP) is 6.34. The number of benzene rings is 2. The first-order chi connectivity index (χ1) is 19.6. The molecule has 8 heteroatoms. The van der Waals surface area contributed by atoms with Crippen LogP contribution in [0.15, 0.2) is 116 Å². The van der Waals surface area contributed by atoms with Crippen molar-refractivity contribution in [1.82, 2.24) is 29.0 Å². The first kappa shape index (κ1) is 23.6. The summed E-state index contributed by atoms with van der Waals surface area (Å²) in [5, 5.41) is 4.83. The SMILES string of the molecule is O=C(Cc1cn2nc(-c3c(-c4ccc(F)cc4)nc4ccccn34)ccc2n1)c1cccc(-c2cccnc2)c1. The molecule has 0 saturated heterocycles. The molecule has 0 aliphatic carbocycles. The molecule has 0 N–H and O–H groups in total. The van der Waals surface area contributed by atoms with Crippen molar-refractivity contribution in [3.8, 4) is 33.8 Å². The van der Waals surface area contributed by atoms with Gasteiger partial charge in [0, 0.05) is 35.3 Å². The highest BCUT2D eigenvalue weighted by Crippen LogP contribution is 2.32. The third-order valence-electron chi connectivity index (χ3n) is 6.78. The van der Waals surface area contributed by atoms with Crippen LogP contribution in [0.1, 0.15) is 16.1 Å². The molecule has 0 fully saturated rings. The fraction of sp³-hybridized carbons (Fsp3) is 0.0312. The number of Topliss-reactive ketones (excluding diaryl/α,β-unsaturated/α-hetero) is 1. The second-order valence-corrected chi connectivity index (χ2v) is 9.42. The van der Waals surface area contributed by atoms with Gasteiger partial charge in [0.15, 0.2) is 11.4 Å². The Kier molecular flexibility index (Phi) is 5.70. The number of aromatic nitrogens is 6. The van der Waals surface area contributed by atoms with Crippen LogP contribution in [0.4, 0.5) is 4.39 Å². The molecule has 7 nitrogen and oxygen atoms in total. The van der Waals surface area contributed by atoms with E-state index < -0.39 is 0 Å². The standard InChI is InChI=1S/C32H21FN6O/c33-25-11-9-21(10-12-25)31-32(38-16-2-1-8-29(38)36-31)27-13-14-30-35-26(20-39(30)37-27)18-28(40)23-6-3-5-22(17-23)24-7-4-15-34-19-24/h1-17,19-20H,18H2. The van der Waals surface area contributed by atoms with Gasteiger partial charge < -0.3 is 0 Å². The Balaban J connectivity index is 1.23. The number of hydrogen-bond acceptors (Lipinski definition) is 5. The van der Waals surface area contributed by atoms with E-state index in [0.717, 1.165) is 28.0 Å². The Hall–Kier alpha value is -5.50. The third-order valence-corrected chi connectivity index (χ3v) is 6.78. The number of hydrogen-bond donors (Lipinski definition) is 0. The zero-order valence-electron chi connectivity index (χ0n) is 21.1. The van der Waals surface area contributed by atoms with Gasteiger partial charge in [0.2, 0.25) is 0 Å². The summed E-state index contributed by atoms with van der Waals surface area (Å²) < 4.78 is 17.3. The number of pyridine rings is 2. The lowest BCUT2D eigenvalue weighted by molar-refractivity contribution is 0.0992. The maximum atomic E-state index is 13.6. The van der Waals surface area contributed by atoms with Crippen LogP contribution >= 0.6 is 0 Å². The van der Waals surface area contributed by atoms with Crippen LogP contribution in [-0.4, -0.2) is 34.7 Å². The Morgan fingerprint density at radius 1 is 0.800 bits per heavy atom. The zero-order valence-corrected chi connectivity index (χ0v) is 21.1. The number of halogens is 1. The van der Waals surface area contributed by atoms with Gasteiger partial charge in [-0.05, 0) is 66.2 Å². The highest BCUT2D eigenvalue weighted by atomic mass is 19.1. The normalized spacial score (nSPS) is 11.3. The van der Waals surface area contributed by atoms with E-state index in [1.54, 1.807) is 35.2 Å². The monoisotopic (exact) mass is 524 g/mol. The molecule has 40 heavy (non-hydrogen) atoms. The van der Waals surface area contributed by atoms with E-state index in [4.69, 9.17) is 10.1 Å². The minimum absolute atomic E-state index is 0.0326. The van der Waals surface area contributed by atoms with Crippen LogP contribution in [-0.2, 0) is 6.42 Å². The van der Waals surface area contributed by atoms with Crippen molar-refractivity contribution in [3.63, 3.8) is 0 Å². The Labute approximate surface area is 228 Å². The molecule has 0 aliphatic heterocycles. The van der Waals surface area contributed by atoms with Crippen molar-refractivity contribution in [2.75, 3.05) is 0 Å². The van der Waals surface area contributed by atoms with Crippen molar-refractivity contribution >= 4 is 17.1 Å². The van der Waals surface area contributed by atoms with E-state index in [0.29, 0.717) is 28.3 Å². The summed E-state index contributed by atoms with van der Waals surface area (Å²) >= 11 is 0. The van der Waals surface area contributed by atoms with Crippen molar-refractivity contribution in [2.24, 2.45) is 0 Å². The van der Waals surface area contributed by atoms with Crippen LogP contribution in [0.3, 0.4) is 0 Å². The summed E-state index contributed by atoms with van der Waals surface area (Å²) in [6, 6.07) is 27.2. The lowest BCUT2D eigenvalue weighted by Crippen LogP contribution is -2.04. The largest absolute Gasteiger partial charge is 0.298 e. The van der Waals surface area contributed by atoms with Gasteiger partial charge in [-0.15, -0.1) is 0 Å². The van der Waals surface area contributed by atoms with Crippen LogP contribution in [0.2, 0.25) is 0 Å². The number of rotatable bonds is 6. The lowest BCUT2D eigenvalue weighted by Gasteiger charge is -2.05. The second kappa shape index (κ2) is 9.67. The summed E-state index contributed by atoms with van der Waals surface area (Å²) in [7, 11) is 0. The van der Waals surface area contributed by atoms with E-state index in [1.165, 1.54) is 12.1 Å². The average molecular weight is 525 g/mol. The molecule has 0 amide bonds. The molecule has 0 radical (unpaired) electrons. The number of ketones is 1. The van der Waals surface area contributed by atoms with Crippen molar-refractivity contribution in [2.45, 2.75) is 6.42 Å². The maximum absolute atomic E-state index is 13.6. The van der Waals surface area contributed by atoms with Crippen LogP contribution < -0.4 is 0 Å². The van der Waals surface area contributed by atoms with Gasteiger partial charge in [0.1, 0.15) is 22.9 Å².